The Morgan fingerprint density at radius 1 is 1.17 bits per heavy atom. The molecule has 0 saturated carbocycles. The van der Waals surface area contributed by atoms with Gasteiger partial charge in [0.15, 0.2) is 0 Å². The van der Waals surface area contributed by atoms with Gasteiger partial charge in [-0.2, -0.15) is 0 Å². The highest BCUT2D eigenvalue weighted by Gasteiger charge is 2.25. The number of rotatable bonds is 6. The van der Waals surface area contributed by atoms with E-state index in [4.69, 9.17) is 5.73 Å². The van der Waals surface area contributed by atoms with Crippen LogP contribution in [0.4, 0.5) is 5.69 Å². The second-order valence-electron chi connectivity index (χ2n) is 5.47. The van der Waals surface area contributed by atoms with Gasteiger partial charge in [-0.3, -0.25) is 4.90 Å². The van der Waals surface area contributed by atoms with Crippen molar-refractivity contribution in [3.8, 4) is 0 Å². The molecule has 2 heteroatoms. The molecule has 1 aromatic carbocycles. The van der Waals surface area contributed by atoms with Crippen LogP contribution in [0.15, 0.2) is 18.2 Å². The minimum absolute atomic E-state index is 0.738. The van der Waals surface area contributed by atoms with E-state index in [1.807, 2.05) is 6.07 Å². The molecule has 0 saturated heterocycles. The molecule has 0 spiro atoms. The Bertz CT molecular complexity index is 387. The lowest BCUT2D eigenvalue weighted by atomic mass is 10.0. The molecule has 0 fully saturated rings. The number of nitrogens with two attached hydrogens (primary N) is 1. The molecule has 0 aromatic heterocycles. The van der Waals surface area contributed by atoms with Crippen LogP contribution in [-0.4, -0.2) is 10.9 Å². The molecular formula is C16H26N2. The Hall–Kier alpha value is -1.02. The molecule has 0 bridgehead atoms. The first-order chi connectivity index (χ1) is 8.76. The largest absolute Gasteiger partial charge is 0.398 e. The van der Waals surface area contributed by atoms with E-state index in [0.717, 1.165) is 24.8 Å². The summed E-state index contributed by atoms with van der Waals surface area (Å²) in [4.78, 5) is 2.63. The third-order valence-corrected chi connectivity index (χ3v) is 4.07. The van der Waals surface area contributed by atoms with Gasteiger partial charge in [0.25, 0.3) is 0 Å². The van der Waals surface area contributed by atoms with Gasteiger partial charge in [0.2, 0.25) is 0 Å². The Kier molecular flexibility index (Phi) is 4.65. The molecule has 0 aliphatic carbocycles. The van der Waals surface area contributed by atoms with E-state index >= 15 is 0 Å². The van der Waals surface area contributed by atoms with Crippen LogP contribution in [0.3, 0.4) is 0 Å². The van der Waals surface area contributed by atoms with E-state index < -0.39 is 0 Å². The van der Waals surface area contributed by atoms with Crippen molar-refractivity contribution < 1.29 is 0 Å². The molecule has 0 radical (unpaired) electrons. The Morgan fingerprint density at radius 2 is 2.00 bits per heavy atom. The first kappa shape index (κ1) is 13.4. The van der Waals surface area contributed by atoms with Crippen molar-refractivity contribution >= 4 is 5.69 Å². The zero-order valence-electron chi connectivity index (χ0n) is 11.8. The highest BCUT2D eigenvalue weighted by atomic mass is 15.2. The van der Waals surface area contributed by atoms with Crippen molar-refractivity contribution in [1.29, 1.82) is 0 Å². The number of benzene rings is 1. The van der Waals surface area contributed by atoms with E-state index in [1.165, 1.54) is 43.2 Å². The standard InChI is InChI=1S/C16H26N2/c1-3-5-9-14(7-4-2)18-11-13-8-6-10-16(17)15(13)12-18/h6,8,10,14H,3-5,7,9,11-12,17H2,1-2H3. The van der Waals surface area contributed by atoms with Gasteiger partial charge in [-0.05, 0) is 30.0 Å². The molecule has 0 amide bonds. The van der Waals surface area contributed by atoms with Crippen LogP contribution >= 0.6 is 0 Å². The molecule has 1 heterocycles. The quantitative estimate of drug-likeness (QED) is 0.770. The molecular weight excluding hydrogens is 220 g/mol. The van der Waals surface area contributed by atoms with Crippen molar-refractivity contribution in [3.63, 3.8) is 0 Å². The maximum atomic E-state index is 6.08. The topological polar surface area (TPSA) is 29.3 Å². The van der Waals surface area contributed by atoms with Crippen LogP contribution in [-0.2, 0) is 13.1 Å². The van der Waals surface area contributed by atoms with Crippen LogP contribution in [0.5, 0.6) is 0 Å². The van der Waals surface area contributed by atoms with Gasteiger partial charge >= 0.3 is 0 Å². The molecule has 2 N–H and O–H groups in total. The summed E-state index contributed by atoms with van der Waals surface area (Å²) in [5, 5.41) is 0. The number of hydrogen-bond acceptors (Lipinski definition) is 2. The van der Waals surface area contributed by atoms with E-state index in [0.29, 0.717) is 0 Å². The summed E-state index contributed by atoms with van der Waals surface area (Å²) >= 11 is 0. The van der Waals surface area contributed by atoms with Gasteiger partial charge in [0.05, 0.1) is 0 Å². The Balaban J connectivity index is 2.05. The van der Waals surface area contributed by atoms with E-state index in [2.05, 4.69) is 30.9 Å². The van der Waals surface area contributed by atoms with Crippen LogP contribution in [0, 0.1) is 0 Å². The minimum Gasteiger partial charge on any atom is -0.398 e. The SMILES string of the molecule is CCCCC(CCC)N1Cc2cccc(N)c2C1. The zero-order valence-corrected chi connectivity index (χ0v) is 11.8. The van der Waals surface area contributed by atoms with E-state index in [9.17, 15) is 0 Å². The monoisotopic (exact) mass is 246 g/mol. The second-order valence-corrected chi connectivity index (χ2v) is 5.47. The summed E-state index contributed by atoms with van der Waals surface area (Å²) in [7, 11) is 0. The van der Waals surface area contributed by atoms with Crippen molar-refractivity contribution in [2.24, 2.45) is 0 Å². The summed E-state index contributed by atoms with van der Waals surface area (Å²) in [6.07, 6.45) is 6.55. The second kappa shape index (κ2) is 6.24. The Labute approximate surface area is 111 Å². The third kappa shape index (κ3) is 2.86. The zero-order chi connectivity index (χ0) is 13.0. The van der Waals surface area contributed by atoms with Crippen LogP contribution in [0.1, 0.15) is 57.1 Å². The van der Waals surface area contributed by atoms with Gasteiger partial charge < -0.3 is 5.73 Å². The lowest BCUT2D eigenvalue weighted by Gasteiger charge is -2.27. The molecule has 18 heavy (non-hydrogen) atoms. The van der Waals surface area contributed by atoms with Gasteiger partial charge in [0, 0.05) is 24.8 Å². The molecule has 1 unspecified atom stereocenters. The maximum absolute atomic E-state index is 6.08. The van der Waals surface area contributed by atoms with Crippen LogP contribution in [0.2, 0.25) is 0 Å². The average molecular weight is 246 g/mol. The fourth-order valence-corrected chi connectivity index (χ4v) is 3.01. The lowest BCUT2D eigenvalue weighted by Crippen LogP contribution is -2.30. The van der Waals surface area contributed by atoms with Crippen LogP contribution in [0.25, 0.3) is 0 Å². The molecule has 100 valence electrons. The minimum atomic E-state index is 0.738. The predicted molar refractivity (Wildman–Crippen MR) is 78.3 cm³/mol. The summed E-state index contributed by atoms with van der Waals surface area (Å²) in [5.74, 6) is 0. The summed E-state index contributed by atoms with van der Waals surface area (Å²) in [5.41, 5.74) is 9.86. The highest BCUT2D eigenvalue weighted by Crippen LogP contribution is 2.31. The first-order valence-corrected chi connectivity index (χ1v) is 7.36. The van der Waals surface area contributed by atoms with Gasteiger partial charge in [-0.15, -0.1) is 0 Å². The Morgan fingerprint density at radius 3 is 2.67 bits per heavy atom. The lowest BCUT2D eigenvalue weighted by molar-refractivity contribution is 0.175. The van der Waals surface area contributed by atoms with E-state index in [1.54, 1.807) is 0 Å². The molecule has 1 aliphatic heterocycles. The summed E-state index contributed by atoms with van der Waals surface area (Å²) in [6, 6.07) is 7.08. The number of nitrogen functional groups attached to an aromatic ring is 1. The number of fused-ring (bicyclic) bond motifs is 1. The normalized spacial score (nSPS) is 16.8. The summed E-state index contributed by atoms with van der Waals surface area (Å²) in [6.45, 7) is 6.71. The van der Waals surface area contributed by atoms with Crippen molar-refractivity contribution in [1.82, 2.24) is 4.90 Å². The number of hydrogen-bond donors (Lipinski definition) is 1. The number of unbranched alkanes of at least 4 members (excludes halogenated alkanes) is 1. The molecule has 2 nitrogen and oxygen atoms in total. The van der Waals surface area contributed by atoms with Crippen molar-refractivity contribution in [3.05, 3.63) is 29.3 Å². The molecule has 1 atom stereocenters. The smallest absolute Gasteiger partial charge is 0.0363 e. The fourth-order valence-electron chi connectivity index (χ4n) is 3.01. The first-order valence-electron chi connectivity index (χ1n) is 7.36. The fraction of sp³-hybridized carbons (Fsp3) is 0.625. The van der Waals surface area contributed by atoms with Gasteiger partial charge in [-0.25, -0.2) is 0 Å². The van der Waals surface area contributed by atoms with Gasteiger partial charge in [-0.1, -0.05) is 45.2 Å². The average Bonchev–Trinajstić information content (AvgIpc) is 2.80. The summed E-state index contributed by atoms with van der Waals surface area (Å²) < 4.78 is 0. The maximum Gasteiger partial charge on any atom is 0.0363 e. The third-order valence-electron chi connectivity index (χ3n) is 4.07. The van der Waals surface area contributed by atoms with Crippen LogP contribution < -0.4 is 5.73 Å². The number of nitrogens with zero attached hydrogens (tertiary/aromatic N) is 1. The molecule has 1 aliphatic rings. The van der Waals surface area contributed by atoms with Crippen molar-refractivity contribution in [2.45, 2.75) is 65.1 Å². The predicted octanol–water partition coefficient (Wildman–Crippen LogP) is 3.94. The highest BCUT2D eigenvalue weighted by molar-refractivity contribution is 5.52. The van der Waals surface area contributed by atoms with Gasteiger partial charge in [0.1, 0.15) is 0 Å². The molecule has 1 aromatic rings. The molecule has 2 rings (SSSR count). The van der Waals surface area contributed by atoms with Crippen molar-refractivity contribution in [2.75, 3.05) is 5.73 Å². The van der Waals surface area contributed by atoms with E-state index in [-0.39, 0.29) is 0 Å². The number of anilines is 1.